The molecular weight excluding hydrogens is 422 g/mol. The van der Waals surface area contributed by atoms with Crippen molar-refractivity contribution >= 4 is 34.3 Å². The zero-order chi connectivity index (χ0) is 22.3. The number of H-pyrrole nitrogens is 1. The number of nitrogens with one attached hydrogen (secondary N) is 3. The molecule has 0 spiro atoms. The van der Waals surface area contributed by atoms with E-state index in [4.69, 9.17) is 11.6 Å². The lowest BCUT2D eigenvalue weighted by Crippen LogP contribution is -2.39. The molecule has 6 heteroatoms. The van der Waals surface area contributed by atoms with Gasteiger partial charge in [-0.2, -0.15) is 0 Å². The molecule has 2 amide bonds. The van der Waals surface area contributed by atoms with Gasteiger partial charge in [-0.25, -0.2) is 0 Å². The van der Waals surface area contributed by atoms with Crippen molar-refractivity contribution in [3.63, 3.8) is 0 Å². The monoisotopic (exact) mass is 445 g/mol. The molecule has 1 aromatic heterocycles. The number of hydrogen-bond acceptors (Lipinski definition) is 2. The maximum atomic E-state index is 12.5. The van der Waals surface area contributed by atoms with Gasteiger partial charge in [-0.05, 0) is 28.8 Å². The fourth-order valence-electron chi connectivity index (χ4n) is 3.83. The van der Waals surface area contributed by atoms with E-state index in [1.54, 1.807) is 0 Å². The number of fused-ring (bicyclic) bond motifs is 1. The molecule has 0 unspecified atom stereocenters. The van der Waals surface area contributed by atoms with Crippen molar-refractivity contribution < 1.29 is 9.59 Å². The first-order valence-corrected chi connectivity index (χ1v) is 10.9. The largest absolute Gasteiger partial charge is 0.361 e. The number of carbonyl (C=O) groups is 2. The first kappa shape index (κ1) is 21.7. The van der Waals surface area contributed by atoms with Gasteiger partial charge in [0.15, 0.2) is 0 Å². The van der Waals surface area contributed by atoms with E-state index in [-0.39, 0.29) is 30.7 Å². The number of para-hydroxylation sites is 1. The van der Waals surface area contributed by atoms with Gasteiger partial charge in [-0.15, -0.1) is 0 Å². The molecule has 3 aromatic carbocycles. The van der Waals surface area contributed by atoms with Crippen LogP contribution in [0, 0.1) is 0 Å². The Hall–Kier alpha value is -3.57. The van der Waals surface area contributed by atoms with Crippen LogP contribution in [0.5, 0.6) is 0 Å². The van der Waals surface area contributed by atoms with Crippen molar-refractivity contribution in [2.45, 2.75) is 12.3 Å². The van der Waals surface area contributed by atoms with Crippen LogP contribution in [0.25, 0.3) is 10.9 Å². The molecule has 4 aromatic rings. The third-order valence-corrected chi connectivity index (χ3v) is 5.78. The highest BCUT2D eigenvalue weighted by Crippen LogP contribution is 2.34. The summed E-state index contributed by atoms with van der Waals surface area (Å²) in [5, 5.41) is 7.37. The van der Waals surface area contributed by atoms with Gasteiger partial charge in [0, 0.05) is 34.6 Å². The average Bonchev–Trinajstić information content (AvgIpc) is 3.24. The van der Waals surface area contributed by atoms with Gasteiger partial charge >= 0.3 is 0 Å². The summed E-state index contributed by atoms with van der Waals surface area (Å²) in [5.41, 5.74) is 3.93. The van der Waals surface area contributed by atoms with Crippen molar-refractivity contribution in [2.75, 3.05) is 13.1 Å². The Morgan fingerprint density at radius 2 is 1.53 bits per heavy atom. The van der Waals surface area contributed by atoms with Crippen LogP contribution in [0.4, 0.5) is 0 Å². The molecule has 32 heavy (non-hydrogen) atoms. The van der Waals surface area contributed by atoms with Crippen molar-refractivity contribution in [3.8, 4) is 0 Å². The molecule has 0 aliphatic heterocycles. The van der Waals surface area contributed by atoms with Crippen molar-refractivity contribution in [1.82, 2.24) is 15.6 Å². The van der Waals surface area contributed by atoms with Crippen LogP contribution in [0.3, 0.4) is 0 Å². The van der Waals surface area contributed by atoms with Crippen LogP contribution in [-0.2, 0) is 16.0 Å². The van der Waals surface area contributed by atoms with Gasteiger partial charge in [-0.3, -0.25) is 9.59 Å². The normalized spacial score (nSPS) is 11.8. The lowest BCUT2D eigenvalue weighted by Gasteiger charge is -2.19. The second-order valence-corrected chi connectivity index (χ2v) is 8.01. The Bertz CT molecular complexity index is 1220. The van der Waals surface area contributed by atoms with Gasteiger partial charge in [0.2, 0.25) is 11.8 Å². The minimum Gasteiger partial charge on any atom is -0.361 e. The van der Waals surface area contributed by atoms with E-state index < -0.39 is 0 Å². The Kier molecular flexibility index (Phi) is 6.87. The van der Waals surface area contributed by atoms with Crippen LogP contribution < -0.4 is 10.6 Å². The molecule has 1 heterocycles. The predicted octanol–water partition coefficient (Wildman–Crippen LogP) is 4.43. The summed E-state index contributed by atoms with van der Waals surface area (Å²) in [5.74, 6) is -0.572. The summed E-state index contributed by atoms with van der Waals surface area (Å²) >= 11 is 6.50. The van der Waals surface area contributed by atoms with Crippen LogP contribution >= 0.6 is 11.6 Å². The third kappa shape index (κ3) is 5.18. The van der Waals surface area contributed by atoms with Gasteiger partial charge in [0.25, 0.3) is 0 Å². The highest BCUT2D eigenvalue weighted by molar-refractivity contribution is 6.31. The number of aromatic nitrogens is 1. The molecule has 0 radical (unpaired) electrons. The highest BCUT2D eigenvalue weighted by Gasteiger charge is 2.21. The molecule has 4 rings (SSSR count). The molecule has 0 aliphatic carbocycles. The summed E-state index contributed by atoms with van der Waals surface area (Å²) in [6.45, 7) is 0.285. The van der Waals surface area contributed by atoms with Gasteiger partial charge < -0.3 is 15.6 Å². The average molecular weight is 446 g/mol. The van der Waals surface area contributed by atoms with Crippen LogP contribution in [-0.4, -0.2) is 29.9 Å². The zero-order valence-electron chi connectivity index (χ0n) is 17.5. The van der Waals surface area contributed by atoms with Gasteiger partial charge in [0.05, 0.1) is 13.0 Å². The number of hydrogen-bond donors (Lipinski definition) is 3. The molecule has 0 fully saturated rings. The highest BCUT2D eigenvalue weighted by atomic mass is 35.5. The second-order valence-electron chi connectivity index (χ2n) is 7.61. The predicted molar refractivity (Wildman–Crippen MR) is 128 cm³/mol. The maximum absolute atomic E-state index is 12.5. The Labute approximate surface area is 191 Å². The number of halogens is 1. The quantitative estimate of drug-likeness (QED) is 0.375. The number of amides is 2. The van der Waals surface area contributed by atoms with Crippen LogP contribution in [0.1, 0.15) is 22.6 Å². The summed E-state index contributed by atoms with van der Waals surface area (Å²) in [7, 11) is 0. The van der Waals surface area contributed by atoms with E-state index in [2.05, 4.69) is 21.7 Å². The Morgan fingerprint density at radius 1 is 0.812 bits per heavy atom. The minimum atomic E-state index is -0.247. The standard InChI is InChI=1S/C26H24ClN3O2/c27-23-12-6-4-10-19(23)21(22-15-28-24-13-7-5-11-20(22)24)16-29-26(32)17-30-25(31)14-18-8-2-1-3-9-18/h1-13,15,21,28H,14,16-17H2,(H,29,32)(H,30,31)/t21-/m1/s1. The fourth-order valence-corrected chi connectivity index (χ4v) is 4.10. The smallest absolute Gasteiger partial charge is 0.239 e. The fraction of sp³-hybridized carbons (Fsp3) is 0.154. The second kappa shape index (κ2) is 10.2. The van der Waals surface area contributed by atoms with Crippen molar-refractivity contribution in [2.24, 2.45) is 0 Å². The molecule has 1 atom stereocenters. The van der Waals surface area contributed by atoms with E-state index in [9.17, 15) is 9.59 Å². The first-order chi connectivity index (χ1) is 15.6. The minimum absolute atomic E-state index is 0.0746. The SMILES string of the molecule is O=C(CNC(=O)Cc1ccccc1)NC[C@H](c1ccccc1Cl)c1c[nH]c2ccccc12. The van der Waals surface area contributed by atoms with Gasteiger partial charge in [-0.1, -0.05) is 78.3 Å². The molecule has 162 valence electrons. The molecule has 0 bridgehead atoms. The summed E-state index contributed by atoms with van der Waals surface area (Å²) in [6.07, 6.45) is 2.21. The molecular formula is C26H24ClN3O2. The summed E-state index contributed by atoms with van der Waals surface area (Å²) in [6, 6.07) is 25.1. The van der Waals surface area contributed by atoms with E-state index in [0.29, 0.717) is 11.6 Å². The summed E-state index contributed by atoms with van der Waals surface area (Å²) in [4.78, 5) is 27.9. The van der Waals surface area contributed by atoms with Crippen LogP contribution in [0.15, 0.2) is 85.1 Å². The topological polar surface area (TPSA) is 74.0 Å². The van der Waals surface area contributed by atoms with Gasteiger partial charge in [0.1, 0.15) is 0 Å². The molecule has 5 nitrogen and oxygen atoms in total. The van der Waals surface area contributed by atoms with E-state index in [0.717, 1.165) is 27.6 Å². The molecule has 0 saturated heterocycles. The van der Waals surface area contributed by atoms with Crippen LogP contribution in [0.2, 0.25) is 5.02 Å². The molecule has 0 aliphatic rings. The third-order valence-electron chi connectivity index (χ3n) is 5.43. The number of benzene rings is 3. The zero-order valence-corrected chi connectivity index (χ0v) is 18.2. The summed E-state index contributed by atoms with van der Waals surface area (Å²) < 4.78 is 0. The van der Waals surface area contributed by atoms with E-state index in [1.165, 1.54) is 0 Å². The lowest BCUT2D eigenvalue weighted by molar-refractivity contribution is -0.125. The molecule has 3 N–H and O–H groups in total. The molecule has 0 saturated carbocycles. The van der Waals surface area contributed by atoms with Crippen molar-refractivity contribution in [3.05, 3.63) is 107 Å². The lowest BCUT2D eigenvalue weighted by atomic mass is 9.90. The Morgan fingerprint density at radius 3 is 2.34 bits per heavy atom. The van der Waals surface area contributed by atoms with E-state index in [1.807, 2.05) is 79.0 Å². The number of rotatable bonds is 8. The first-order valence-electron chi connectivity index (χ1n) is 10.5. The maximum Gasteiger partial charge on any atom is 0.239 e. The number of aromatic amines is 1. The number of carbonyl (C=O) groups excluding carboxylic acids is 2. The Balaban J connectivity index is 1.43. The van der Waals surface area contributed by atoms with Crippen molar-refractivity contribution in [1.29, 1.82) is 0 Å². The van der Waals surface area contributed by atoms with E-state index >= 15 is 0 Å².